The zero-order valence-electron chi connectivity index (χ0n) is 21.3. The number of hydrogen-bond donors (Lipinski definition) is 3. The summed E-state index contributed by atoms with van der Waals surface area (Å²) >= 11 is 0. The number of nitrogens with zero attached hydrogens (tertiary/aromatic N) is 1. The van der Waals surface area contributed by atoms with Crippen molar-refractivity contribution in [3.63, 3.8) is 0 Å². The van der Waals surface area contributed by atoms with Crippen molar-refractivity contribution in [2.75, 3.05) is 78.9 Å². The lowest BCUT2D eigenvalue weighted by Crippen LogP contribution is -2.48. The van der Waals surface area contributed by atoms with Gasteiger partial charge in [-0.15, -0.1) is 0 Å². The molecule has 0 aromatic carbocycles. The third kappa shape index (κ3) is 23.1. The Balaban J connectivity index is 4.47. The second-order valence-corrected chi connectivity index (χ2v) is 7.94. The summed E-state index contributed by atoms with van der Waals surface area (Å²) in [7, 11) is 0. The summed E-state index contributed by atoms with van der Waals surface area (Å²) in [6.45, 7) is 7.39. The number of ketones is 2. The van der Waals surface area contributed by atoms with Crippen LogP contribution in [0.25, 0.3) is 0 Å². The maximum atomic E-state index is 12.3. The van der Waals surface area contributed by atoms with Gasteiger partial charge in [0.2, 0.25) is 17.7 Å². The van der Waals surface area contributed by atoms with E-state index in [1.54, 1.807) is 0 Å². The van der Waals surface area contributed by atoms with Crippen LogP contribution in [-0.2, 0) is 38.2 Å². The highest BCUT2D eigenvalue weighted by molar-refractivity contribution is 5.84. The van der Waals surface area contributed by atoms with Crippen molar-refractivity contribution in [1.29, 1.82) is 0 Å². The Hall–Kier alpha value is -2.41. The first-order valence-electron chi connectivity index (χ1n) is 12.0. The van der Waals surface area contributed by atoms with Crippen LogP contribution in [0.1, 0.15) is 40.0 Å². The first-order chi connectivity index (χ1) is 16.7. The van der Waals surface area contributed by atoms with E-state index < -0.39 is 0 Å². The summed E-state index contributed by atoms with van der Waals surface area (Å²) in [5.41, 5.74) is 0. The maximum Gasteiger partial charge on any atom is 0.234 e. The SMILES string of the molecule is CCCOCCNC(=O)CN(CC(=O)NCCOCCC(C)=O)CC(=O)NCCOCCC(C)=O. The van der Waals surface area contributed by atoms with E-state index in [1.165, 1.54) is 18.7 Å². The monoisotopic (exact) mass is 502 g/mol. The number of hydrogen-bond acceptors (Lipinski definition) is 9. The minimum atomic E-state index is -0.361. The van der Waals surface area contributed by atoms with Crippen LogP contribution in [0.2, 0.25) is 0 Å². The number of rotatable bonds is 23. The molecular weight excluding hydrogens is 460 g/mol. The Bertz CT molecular complexity index is 605. The summed E-state index contributed by atoms with van der Waals surface area (Å²) in [6.07, 6.45) is 1.52. The minimum Gasteiger partial charge on any atom is -0.380 e. The van der Waals surface area contributed by atoms with Crippen LogP contribution in [0.4, 0.5) is 0 Å². The standard InChI is InChI=1S/C23H42N4O8/c1-4-10-33-13-7-24-21(30)16-27(17-22(31)25-8-14-34-11-5-19(2)28)18-23(32)26-9-15-35-12-6-20(3)29/h4-18H2,1-3H3,(H,24,30)(H,25,31)(H,26,32). The predicted octanol–water partition coefficient (Wildman–Crippen LogP) is -0.945. The van der Waals surface area contributed by atoms with Crippen LogP contribution in [-0.4, -0.2) is 113 Å². The zero-order valence-corrected chi connectivity index (χ0v) is 21.3. The van der Waals surface area contributed by atoms with Crippen molar-refractivity contribution in [1.82, 2.24) is 20.9 Å². The number of Topliss-reactive ketones (excluding diaryl/α,β-unsaturated/α-hetero) is 2. The van der Waals surface area contributed by atoms with Gasteiger partial charge in [0.25, 0.3) is 0 Å². The van der Waals surface area contributed by atoms with Crippen LogP contribution in [0.5, 0.6) is 0 Å². The van der Waals surface area contributed by atoms with Gasteiger partial charge in [0.05, 0.1) is 52.7 Å². The third-order valence-electron chi connectivity index (χ3n) is 4.35. The summed E-state index contributed by atoms with van der Waals surface area (Å²) in [6, 6.07) is 0. The number of carbonyl (C=O) groups excluding carboxylic acids is 5. The fourth-order valence-corrected chi connectivity index (χ4v) is 2.61. The molecule has 0 aromatic rings. The van der Waals surface area contributed by atoms with Crippen LogP contribution in [0.3, 0.4) is 0 Å². The van der Waals surface area contributed by atoms with Gasteiger partial charge in [-0.1, -0.05) is 6.92 Å². The average molecular weight is 503 g/mol. The van der Waals surface area contributed by atoms with Crippen LogP contribution in [0.15, 0.2) is 0 Å². The second-order valence-electron chi connectivity index (χ2n) is 7.94. The zero-order chi connectivity index (χ0) is 26.3. The molecule has 0 spiro atoms. The van der Waals surface area contributed by atoms with Gasteiger partial charge in [-0.3, -0.25) is 28.9 Å². The van der Waals surface area contributed by atoms with E-state index in [4.69, 9.17) is 14.2 Å². The lowest BCUT2D eigenvalue weighted by atomic mass is 10.3. The predicted molar refractivity (Wildman–Crippen MR) is 129 cm³/mol. The van der Waals surface area contributed by atoms with Gasteiger partial charge in [0.15, 0.2) is 0 Å². The molecule has 0 aromatic heterocycles. The largest absolute Gasteiger partial charge is 0.380 e. The van der Waals surface area contributed by atoms with Gasteiger partial charge in [-0.05, 0) is 20.3 Å². The Morgan fingerprint density at radius 2 is 0.914 bits per heavy atom. The van der Waals surface area contributed by atoms with Crippen molar-refractivity contribution in [2.24, 2.45) is 0 Å². The van der Waals surface area contributed by atoms with Gasteiger partial charge in [-0.2, -0.15) is 0 Å². The van der Waals surface area contributed by atoms with Crippen molar-refractivity contribution >= 4 is 29.3 Å². The molecule has 0 heterocycles. The van der Waals surface area contributed by atoms with Crippen molar-refractivity contribution < 1.29 is 38.2 Å². The first kappa shape index (κ1) is 32.6. The molecule has 3 amide bonds. The minimum absolute atomic E-state index is 0.0285. The molecule has 0 aliphatic carbocycles. The maximum absolute atomic E-state index is 12.3. The molecule has 3 N–H and O–H groups in total. The van der Waals surface area contributed by atoms with Gasteiger partial charge < -0.3 is 30.2 Å². The molecule has 35 heavy (non-hydrogen) atoms. The molecule has 0 radical (unpaired) electrons. The van der Waals surface area contributed by atoms with Crippen molar-refractivity contribution in [3.05, 3.63) is 0 Å². The topological polar surface area (TPSA) is 152 Å². The lowest BCUT2D eigenvalue weighted by Gasteiger charge is -2.21. The molecule has 0 rings (SSSR count). The fourth-order valence-electron chi connectivity index (χ4n) is 2.61. The van der Waals surface area contributed by atoms with E-state index in [-0.39, 0.29) is 88.4 Å². The molecule has 0 aliphatic rings. The van der Waals surface area contributed by atoms with Crippen molar-refractivity contribution in [2.45, 2.75) is 40.0 Å². The van der Waals surface area contributed by atoms with Crippen LogP contribution < -0.4 is 16.0 Å². The number of amides is 3. The molecule has 12 heteroatoms. The molecule has 12 nitrogen and oxygen atoms in total. The molecule has 0 bridgehead atoms. The molecule has 0 atom stereocenters. The molecule has 0 unspecified atom stereocenters. The molecule has 0 saturated heterocycles. The molecule has 202 valence electrons. The summed E-state index contributed by atoms with van der Waals surface area (Å²) < 4.78 is 15.9. The van der Waals surface area contributed by atoms with Gasteiger partial charge in [-0.25, -0.2) is 0 Å². The lowest BCUT2D eigenvalue weighted by molar-refractivity contribution is -0.128. The smallest absolute Gasteiger partial charge is 0.234 e. The van der Waals surface area contributed by atoms with E-state index in [0.29, 0.717) is 32.6 Å². The normalized spacial score (nSPS) is 10.7. The third-order valence-corrected chi connectivity index (χ3v) is 4.35. The van der Waals surface area contributed by atoms with Gasteiger partial charge in [0.1, 0.15) is 11.6 Å². The van der Waals surface area contributed by atoms with Crippen LogP contribution in [0, 0.1) is 0 Å². The van der Waals surface area contributed by atoms with E-state index >= 15 is 0 Å². The second kappa shape index (κ2) is 22.1. The van der Waals surface area contributed by atoms with Crippen molar-refractivity contribution in [3.8, 4) is 0 Å². The summed E-state index contributed by atoms with van der Waals surface area (Å²) in [4.78, 5) is 60.0. The Labute approximate surface area is 207 Å². The molecule has 0 fully saturated rings. The molecule has 0 aliphatic heterocycles. The van der Waals surface area contributed by atoms with E-state index in [9.17, 15) is 24.0 Å². The average Bonchev–Trinajstić information content (AvgIpc) is 2.77. The first-order valence-corrected chi connectivity index (χ1v) is 12.0. The van der Waals surface area contributed by atoms with Gasteiger partial charge in [0, 0.05) is 39.1 Å². The molecular formula is C23H42N4O8. The number of ether oxygens (including phenoxy) is 3. The van der Waals surface area contributed by atoms with E-state index in [2.05, 4.69) is 16.0 Å². The Morgan fingerprint density at radius 1 is 0.571 bits per heavy atom. The fraction of sp³-hybridized carbons (Fsp3) is 0.783. The number of nitrogens with one attached hydrogen (secondary N) is 3. The summed E-state index contributed by atoms with van der Waals surface area (Å²) in [5, 5.41) is 8.04. The van der Waals surface area contributed by atoms with Crippen LogP contribution >= 0.6 is 0 Å². The highest BCUT2D eigenvalue weighted by Gasteiger charge is 2.17. The summed E-state index contributed by atoms with van der Waals surface area (Å²) in [5.74, 6) is -0.994. The Morgan fingerprint density at radius 3 is 1.23 bits per heavy atom. The van der Waals surface area contributed by atoms with E-state index in [0.717, 1.165) is 6.42 Å². The van der Waals surface area contributed by atoms with E-state index in [1.807, 2.05) is 6.92 Å². The van der Waals surface area contributed by atoms with Gasteiger partial charge >= 0.3 is 0 Å². The highest BCUT2D eigenvalue weighted by Crippen LogP contribution is 1.91. The Kier molecular flexibility index (Phi) is 20.6. The highest BCUT2D eigenvalue weighted by atomic mass is 16.5. The molecule has 0 saturated carbocycles. The quantitative estimate of drug-likeness (QED) is 0.150. The number of carbonyl (C=O) groups is 5.